The smallest absolute Gasteiger partial charge is 0.266 e. The van der Waals surface area contributed by atoms with Gasteiger partial charge >= 0.3 is 0 Å². The fourth-order valence-corrected chi connectivity index (χ4v) is 3.27. The van der Waals surface area contributed by atoms with E-state index in [-0.39, 0.29) is 10.9 Å². The van der Waals surface area contributed by atoms with Crippen LogP contribution in [0.25, 0.3) is 0 Å². The molecule has 0 saturated carbocycles. The van der Waals surface area contributed by atoms with Crippen LogP contribution in [0.15, 0.2) is 34.1 Å². The predicted octanol–water partition coefficient (Wildman–Crippen LogP) is 4.05. The Bertz CT molecular complexity index is 657. The van der Waals surface area contributed by atoms with Gasteiger partial charge in [-0.05, 0) is 45.6 Å². The first-order valence-electron chi connectivity index (χ1n) is 5.12. The second kappa shape index (κ2) is 6.00. The predicted molar refractivity (Wildman–Crippen MR) is 87.3 cm³/mol. The summed E-state index contributed by atoms with van der Waals surface area (Å²) in [5, 5.41) is 5.09. The number of anilines is 1. The standard InChI is InChI=1S/C12H8BrClN2OS2/c13-8-3-4-19-10(8)12(17)16-9-5-6(14)1-2-7(9)11(15)18/h1-5H,(H2,15,18)(H,16,17). The number of benzene rings is 1. The monoisotopic (exact) mass is 374 g/mol. The van der Waals surface area contributed by atoms with Gasteiger partial charge in [-0.3, -0.25) is 4.79 Å². The van der Waals surface area contributed by atoms with E-state index in [0.717, 1.165) is 4.47 Å². The van der Waals surface area contributed by atoms with E-state index in [1.54, 1.807) is 18.2 Å². The van der Waals surface area contributed by atoms with E-state index in [1.165, 1.54) is 11.3 Å². The lowest BCUT2D eigenvalue weighted by molar-refractivity contribution is 0.103. The molecule has 0 saturated heterocycles. The molecule has 3 nitrogen and oxygen atoms in total. The largest absolute Gasteiger partial charge is 0.389 e. The number of thiocarbonyl (C=S) groups is 1. The molecular formula is C12H8BrClN2OS2. The minimum atomic E-state index is -0.235. The topological polar surface area (TPSA) is 55.1 Å². The second-order valence-electron chi connectivity index (χ2n) is 3.61. The van der Waals surface area contributed by atoms with Crippen LogP contribution in [0.3, 0.4) is 0 Å². The number of hydrogen-bond acceptors (Lipinski definition) is 3. The van der Waals surface area contributed by atoms with Crippen molar-refractivity contribution in [3.8, 4) is 0 Å². The highest BCUT2D eigenvalue weighted by Crippen LogP contribution is 2.26. The van der Waals surface area contributed by atoms with Crippen LogP contribution in [0.2, 0.25) is 5.02 Å². The van der Waals surface area contributed by atoms with Crippen LogP contribution in [-0.4, -0.2) is 10.9 Å². The third-order valence-corrected chi connectivity index (χ3v) is 4.61. The minimum absolute atomic E-state index is 0.206. The Balaban J connectivity index is 2.33. The highest BCUT2D eigenvalue weighted by molar-refractivity contribution is 9.10. The molecule has 1 heterocycles. The number of hydrogen-bond donors (Lipinski definition) is 2. The number of nitrogens with two attached hydrogens (primary N) is 1. The van der Waals surface area contributed by atoms with Gasteiger partial charge < -0.3 is 11.1 Å². The maximum Gasteiger partial charge on any atom is 0.266 e. The molecule has 2 aromatic rings. The van der Waals surface area contributed by atoms with Crippen LogP contribution >= 0.6 is 51.1 Å². The molecule has 1 aromatic carbocycles. The first-order valence-corrected chi connectivity index (χ1v) is 7.58. The Morgan fingerprint density at radius 1 is 1.42 bits per heavy atom. The van der Waals surface area contributed by atoms with E-state index in [1.807, 2.05) is 11.4 Å². The van der Waals surface area contributed by atoms with Crippen LogP contribution in [0, 0.1) is 0 Å². The number of rotatable bonds is 3. The van der Waals surface area contributed by atoms with Crippen molar-refractivity contribution in [2.45, 2.75) is 0 Å². The Morgan fingerprint density at radius 3 is 2.74 bits per heavy atom. The average Bonchev–Trinajstić information content (AvgIpc) is 2.75. The normalized spacial score (nSPS) is 10.2. The summed E-state index contributed by atoms with van der Waals surface area (Å²) < 4.78 is 0.744. The van der Waals surface area contributed by atoms with Crippen molar-refractivity contribution in [3.05, 3.63) is 49.6 Å². The van der Waals surface area contributed by atoms with E-state index in [4.69, 9.17) is 29.6 Å². The van der Waals surface area contributed by atoms with Gasteiger partial charge in [0.1, 0.15) is 9.87 Å². The number of amides is 1. The van der Waals surface area contributed by atoms with Gasteiger partial charge in [0, 0.05) is 15.1 Å². The Labute approximate surface area is 132 Å². The Morgan fingerprint density at radius 2 is 2.16 bits per heavy atom. The van der Waals surface area contributed by atoms with Gasteiger partial charge in [0.15, 0.2) is 0 Å². The minimum Gasteiger partial charge on any atom is -0.389 e. The molecule has 0 aliphatic heterocycles. The van der Waals surface area contributed by atoms with Crippen molar-refractivity contribution in [3.63, 3.8) is 0 Å². The molecule has 0 unspecified atom stereocenters. The fraction of sp³-hybridized carbons (Fsp3) is 0. The van der Waals surface area contributed by atoms with Gasteiger partial charge in [-0.1, -0.05) is 23.8 Å². The Hall–Kier alpha value is -0.950. The molecule has 1 amide bonds. The number of thiophene rings is 1. The van der Waals surface area contributed by atoms with Crippen molar-refractivity contribution in [2.75, 3.05) is 5.32 Å². The van der Waals surface area contributed by atoms with E-state index < -0.39 is 0 Å². The lowest BCUT2D eigenvalue weighted by atomic mass is 10.1. The van der Waals surface area contributed by atoms with Gasteiger partial charge in [-0.2, -0.15) is 0 Å². The van der Waals surface area contributed by atoms with Crippen LogP contribution in [0.1, 0.15) is 15.2 Å². The third-order valence-electron chi connectivity index (χ3n) is 2.32. The summed E-state index contributed by atoms with van der Waals surface area (Å²) in [7, 11) is 0. The maximum absolute atomic E-state index is 12.1. The summed E-state index contributed by atoms with van der Waals surface area (Å²) in [6.07, 6.45) is 0. The van der Waals surface area contributed by atoms with Crippen molar-refractivity contribution in [2.24, 2.45) is 5.73 Å². The third kappa shape index (κ3) is 3.33. The van der Waals surface area contributed by atoms with E-state index >= 15 is 0 Å². The number of carbonyl (C=O) groups is 1. The molecule has 0 aliphatic rings. The zero-order valence-corrected chi connectivity index (χ0v) is 13.4. The number of carbonyl (C=O) groups excluding carboxylic acids is 1. The summed E-state index contributed by atoms with van der Waals surface area (Å²) in [5.41, 5.74) is 6.71. The maximum atomic E-state index is 12.1. The average molecular weight is 376 g/mol. The van der Waals surface area contributed by atoms with Gasteiger partial charge in [0.25, 0.3) is 5.91 Å². The molecule has 0 bridgehead atoms. The number of halogens is 2. The molecule has 0 spiro atoms. The summed E-state index contributed by atoms with van der Waals surface area (Å²) in [4.78, 5) is 12.9. The Kier molecular flexibility index (Phi) is 4.57. The highest BCUT2D eigenvalue weighted by atomic mass is 79.9. The molecule has 0 fully saturated rings. The molecule has 0 atom stereocenters. The van der Waals surface area contributed by atoms with Gasteiger partial charge in [0.05, 0.1) is 5.69 Å². The molecule has 1 aromatic heterocycles. The van der Waals surface area contributed by atoms with Crippen LogP contribution in [0.5, 0.6) is 0 Å². The molecule has 2 rings (SSSR count). The summed E-state index contributed by atoms with van der Waals surface area (Å²) >= 11 is 15.5. The lowest BCUT2D eigenvalue weighted by Gasteiger charge is -2.10. The van der Waals surface area contributed by atoms with Crippen molar-refractivity contribution < 1.29 is 4.79 Å². The zero-order valence-electron chi connectivity index (χ0n) is 9.44. The molecule has 0 radical (unpaired) electrons. The van der Waals surface area contributed by atoms with Crippen molar-refractivity contribution in [1.82, 2.24) is 0 Å². The van der Waals surface area contributed by atoms with Gasteiger partial charge in [-0.25, -0.2) is 0 Å². The summed E-state index contributed by atoms with van der Waals surface area (Å²) in [6.45, 7) is 0. The summed E-state index contributed by atoms with van der Waals surface area (Å²) in [6, 6.07) is 6.79. The van der Waals surface area contributed by atoms with E-state index in [2.05, 4.69) is 21.2 Å². The van der Waals surface area contributed by atoms with Crippen molar-refractivity contribution >= 4 is 67.7 Å². The SMILES string of the molecule is NC(=S)c1ccc(Cl)cc1NC(=O)c1sccc1Br. The summed E-state index contributed by atoms with van der Waals surface area (Å²) in [5.74, 6) is -0.235. The quantitative estimate of drug-likeness (QED) is 0.796. The molecular weight excluding hydrogens is 368 g/mol. The van der Waals surface area contributed by atoms with E-state index in [9.17, 15) is 4.79 Å². The van der Waals surface area contributed by atoms with Crippen LogP contribution < -0.4 is 11.1 Å². The molecule has 98 valence electrons. The zero-order chi connectivity index (χ0) is 14.0. The molecule has 0 aliphatic carbocycles. The first kappa shape index (κ1) is 14.5. The van der Waals surface area contributed by atoms with Gasteiger partial charge in [0.2, 0.25) is 0 Å². The fourth-order valence-electron chi connectivity index (χ4n) is 1.47. The molecule has 7 heteroatoms. The molecule has 3 N–H and O–H groups in total. The van der Waals surface area contributed by atoms with E-state index in [0.29, 0.717) is 21.2 Å². The molecule has 19 heavy (non-hydrogen) atoms. The number of nitrogens with one attached hydrogen (secondary N) is 1. The first-order chi connectivity index (χ1) is 8.99. The van der Waals surface area contributed by atoms with Gasteiger partial charge in [-0.15, -0.1) is 11.3 Å². The van der Waals surface area contributed by atoms with Crippen molar-refractivity contribution in [1.29, 1.82) is 0 Å². The van der Waals surface area contributed by atoms with Crippen LogP contribution in [0.4, 0.5) is 5.69 Å². The second-order valence-corrected chi connectivity index (χ2v) is 6.25. The highest BCUT2D eigenvalue weighted by Gasteiger charge is 2.14. The van der Waals surface area contributed by atoms with Crippen LogP contribution in [-0.2, 0) is 0 Å². The lowest BCUT2D eigenvalue weighted by Crippen LogP contribution is -2.17.